The van der Waals surface area contributed by atoms with Crippen LogP contribution in [-0.2, 0) is 25.5 Å². The van der Waals surface area contributed by atoms with E-state index in [1.807, 2.05) is 42.5 Å². The van der Waals surface area contributed by atoms with Gasteiger partial charge in [-0.2, -0.15) is 0 Å². The van der Waals surface area contributed by atoms with E-state index in [1.54, 1.807) is 24.3 Å². The van der Waals surface area contributed by atoms with Crippen LogP contribution >= 0.6 is 0 Å². The predicted octanol–water partition coefficient (Wildman–Crippen LogP) is 5.89. The van der Waals surface area contributed by atoms with Gasteiger partial charge in [0.1, 0.15) is 12.2 Å². The van der Waals surface area contributed by atoms with Crippen molar-refractivity contribution >= 4 is 18.0 Å². The molecule has 9 nitrogen and oxygen atoms in total. The average Bonchev–Trinajstić information content (AvgIpc) is 3.02. The molecule has 3 aromatic rings. The number of hydrogen-bond donors (Lipinski definition) is 3. The highest BCUT2D eigenvalue weighted by molar-refractivity contribution is 5.67. The molecule has 0 saturated heterocycles. The highest BCUT2D eigenvalue weighted by Crippen LogP contribution is 2.59. The Morgan fingerprint density at radius 1 is 0.891 bits per heavy atom. The minimum Gasteiger partial charge on any atom is -0.504 e. The predicted molar refractivity (Wildman–Crippen MR) is 172 cm³/mol. The third-order valence-electron chi connectivity index (χ3n) is 9.58. The summed E-state index contributed by atoms with van der Waals surface area (Å²) in [7, 11) is 2.97. The minimum atomic E-state index is -0.810. The third-order valence-corrected chi connectivity index (χ3v) is 9.58. The maximum atomic E-state index is 12.6. The van der Waals surface area contributed by atoms with E-state index in [-0.39, 0.29) is 36.4 Å². The van der Waals surface area contributed by atoms with Gasteiger partial charge in [-0.1, -0.05) is 48.6 Å². The van der Waals surface area contributed by atoms with Crippen LogP contribution in [0.5, 0.6) is 23.0 Å². The van der Waals surface area contributed by atoms with Gasteiger partial charge < -0.3 is 34.3 Å². The molecule has 3 N–H and O–H groups in total. The van der Waals surface area contributed by atoms with Gasteiger partial charge in [-0.05, 0) is 71.7 Å². The molecule has 244 valence electrons. The Morgan fingerprint density at radius 2 is 1.59 bits per heavy atom. The molecule has 0 spiro atoms. The van der Waals surface area contributed by atoms with Crippen molar-refractivity contribution in [3.63, 3.8) is 0 Å². The fourth-order valence-corrected chi connectivity index (χ4v) is 7.65. The van der Waals surface area contributed by atoms with Crippen LogP contribution in [0.2, 0.25) is 0 Å². The summed E-state index contributed by atoms with van der Waals surface area (Å²) in [5.74, 6) is -1.40. The maximum Gasteiger partial charge on any atom is 0.302 e. The standard InChI is InChI=1S/C37H42O9/c1-22(39)45-28-14-27(25-10-11-32(41)35(16-25)43-3)20-37(13-12-24-8-6-5-7-9-24)30(34(18-28)46-23(2)40)15-26-17-36(44-4)33(42)19-29(26)31(37)21-38/h5-13,16-17,19,27-28,30-31,34,38,41-42H,14-15,18,20-21H2,1-4H3/t27?,28-,30+,31-,34-,37+/m1/s1. The van der Waals surface area contributed by atoms with Gasteiger partial charge in [-0.3, -0.25) is 9.59 Å². The Bertz CT molecular complexity index is 1580. The van der Waals surface area contributed by atoms with Crippen LogP contribution in [0.4, 0.5) is 0 Å². The van der Waals surface area contributed by atoms with E-state index in [0.717, 1.165) is 22.3 Å². The van der Waals surface area contributed by atoms with Crippen molar-refractivity contribution < 1.29 is 43.9 Å². The molecule has 1 saturated carbocycles. The molecule has 0 aliphatic heterocycles. The zero-order chi connectivity index (χ0) is 33.0. The lowest BCUT2D eigenvalue weighted by atomic mass is 9.52. The molecule has 1 unspecified atom stereocenters. The van der Waals surface area contributed by atoms with Crippen molar-refractivity contribution in [1.82, 2.24) is 0 Å². The summed E-state index contributed by atoms with van der Waals surface area (Å²) in [6.45, 7) is 2.48. The molecule has 2 aliphatic carbocycles. The molecular formula is C37H42O9. The summed E-state index contributed by atoms with van der Waals surface area (Å²) < 4.78 is 22.9. The van der Waals surface area contributed by atoms with Crippen LogP contribution in [0.3, 0.4) is 0 Å². The van der Waals surface area contributed by atoms with Crippen LogP contribution in [-0.4, -0.2) is 60.3 Å². The SMILES string of the molecule is COc1cc(C2C[C@@H](OC(C)=O)C[C@@H](OC(C)=O)[C@@H]3Cc4cc(OC)c(O)cc4[C@@H](CO)[C@@]3(C=Cc3ccccc3)C2)ccc1O. The van der Waals surface area contributed by atoms with Crippen molar-refractivity contribution in [1.29, 1.82) is 0 Å². The number of benzene rings is 3. The number of phenols is 2. The molecule has 6 atom stereocenters. The zero-order valence-electron chi connectivity index (χ0n) is 26.6. The zero-order valence-corrected chi connectivity index (χ0v) is 26.6. The Balaban J connectivity index is 1.78. The Kier molecular flexibility index (Phi) is 9.91. The topological polar surface area (TPSA) is 132 Å². The molecule has 3 aromatic carbocycles. The molecule has 1 fully saturated rings. The highest BCUT2D eigenvalue weighted by Gasteiger charge is 2.54. The van der Waals surface area contributed by atoms with E-state index in [4.69, 9.17) is 18.9 Å². The van der Waals surface area contributed by atoms with E-state index in [2.05, 4.69) is 6.08 Å². The molecule has 0 aromatic heterocycles. The van der Waals surface area contributed by atoms with Gasteiger partial charge in [0.25, 0.3) is 0 Å². The number of carbonyl (C=O) groups is 2. The van der Waals surface area contributed by atoms with E-state index in [0.29, 0.717) is 30.8 Å². The van der Waals surface area contributed by atoms with Crippen molar-refractivity contribution in [3.05, 3.63) is 89.0 Å². The lowest BCUT2D eigenvalue weighted by Gasteiger charge is -2.53. The summed E-state index contributed by atoms with van der Waals surface area (Å²) in [6, 6.07) is 18.5. The molecule has 2 aliphatic rings. The highest BCUT2D eigenvalue weighted by atomic mass is 16.6. The smallest absolute Gasteiger partial charge is 0.302 e. The first kappa shape index (κ1) is 32.9. The molecule has 0 amide bonds. The number of rotatable bonds is 8. The number of ether oxygens (including phenoxy) is 4. The van der Waals surface area contributed by atoms with Crippen molar-refractivity contribution in [2.45, 2.75) is 63.6 Å². The lowest BCUT2D eigenvalue weighted by Crippen LogP contribution is -2.51. The van der Waals surface area contributed by atoms with Gasteiger partial charge in [0, 0.05) is 37.5 Å². The molecule has 46 heavy (non-hydrogen) atoms. The van der Waals surface area contributed by atoms with Gasteiger partial charge in [-0.15, -0.1) is 0 Å². The number of aliphatic hydroxyl groups excluding tert-OH is 1. The molecule has 9 heteroatoms. The molecule has 0 bridgehead atoms. The number of phenolic OH excluding ortho intramolecular Hbond substituents is 2. The number of carbonyl (C=O) groups excluding carboxylic acids is 2. The van der Waals surface area contributed by atoms with Crippen molar-refractivity contribution in [2.75, 3.05) is 20.8 Å². The summed E-state index contributed by atoms with van der Waals surface area (Å²) in [6.07, 6.45) is 4.47. The van der Waals surface area contributed by atoms with Gasteiger partial charge in [0.05, 0.1) is 20.8 Å². The second-order valence-electron chi connectivity index (χ2n) is 12.3. The van der Waals surface area contributed by atoms with Gasteiger partial charge in [-0.25, -0.2) is 0 Å². The number of methoxy groups -OCH3 is 2. The van der Waals surface area contributed by atoms with Gasteiger partial charge in [0.15, 0.2) is 23.0 Å². The first-order valence-electron chi connectivity index (χ1n) is 15.5. The lowest BCUT2D eigenvalue weighted by molar-refractivity contribution is -0.161. The molecular weight excluding hydrogens is 588 g/mol. The molecule has 5 rings (SSSR count). The Morgan fingerprint density at radius 3 is 2.24 bits per heavy atom. The summed E-state index contributed by atoms with van der Waals surface area (Å²) in [5, 5.41) is 32.6. The monoisotopic (exact) mass is 630 g/mol. The van der Waals surface area contributed by atoms with E-state index in [1.165, 1.54) is 28.1 Å². The number of esters is 2. The summed E-state index contributed by atoms with van der Waals surface area (Å²) >= 11 is 0. The summed E-state index contributed by atoms with van der Waals surface area (Å²) in [5.41, 5.74) is 2.67. The summed E-state index contributed by atoms with van der Waals surface area (Å²) in [4.78, 5) is 25.0. The quantitative estimate of drug-likeness (QED) is 0.261. The minimum absolute atomic E-state index is 0.00404. The third kappa shape index (κ3) is 6.70. The number of allylic oxidation sites excluding steroid dienone is 1. The van der Waals surface area contributed by atoms with Crippen LogP contribution < -0.4 is 9.47 Å². The van der Waals surface area contributed by atoms with Crippen molar-refractivity contribution in [2.24, 2.45) is 11.3 Å². The van der Waals surface area contributed by atoms with Gasteiger partial charge in [0.2, 0.25) is 0 Å². The van der Waals surface area contributed by atoms with Crippen molar-refractivity contribution in [3.8, 4) is 23.0 Å². The number of aromatic hydroxyl groups is 2. The number of aliphatic hydroxyl groups is 1. The number of hydrogen-bond acceptors (Lipinski definition) is 9. The largest absolute Gasteiger partial charge is 0.504 e. The van der Waals surface area contributed by atoms with Crippen LogP contribution in [0.25, 0.3) is 6.08 Å². The molecule has 0 heterocycles. The first-order valence-corrected chi connectivity index (χ1v) is 15.5. The fourth-order valence-electron chi connectivity index (χ4n) is 7.65. The van der Waals surface area contributed by atoms with E-state index < -0.39 is 35.5 Å². The second kappa shape index (κ2) is 13.9. The molecule has 0 radical (unpaired) electrons. The number of fused-ring (bicyclic) bond motifs is 2. The van der Waals surface area contributed by atoms with Crippen LogP contribution in [0, 0.1) is 11.3 Å². The fraction of sp³-hybridized carbons (Fsp3) is 0.405. The average molecular weight is 631 g/mol. The first-order chi connectivity index (χ1) is 22.1. The second-order valence-corrected chi connectivity index (χ2v) is 12.3. The van der Waals surface area contributed by atoms with Gasteiger partial charge >= 0.3 is 11.9 Å². The van der Waals surface area contributed by atoms with E-state index >= 15 is 0 Å². The normalized spacial score (nSPS) is 25.8. The maximum absolute atomic E-state index is 12.6. The Hall–Kier alpha value is -4.50. The Labute approximate surface area is 269 Å². The van der Waals surface area contributed by atoms with Crippen LogP contribution in [0.1, 0.15) is 67.2 Å². The van der Waals surface area contributed by atoms with Crippen LogP contribution in [0.15, 0.2) is 66.7 Å². The van der Waals surface area contributed by atoms with E-state index in [9.17, 15) is 24.9 Å².